The Morgan fingerprint density at radius 2 is 1.05 bits per heavy atom. The number of hydrogen-bond donors (Lipinski definition) is 0. The van der Waals surface area contributed by atoms with Gasteiger partial charge in [-0.1, -0.05) is 147 Å². The van der Waals surface area contributed by atoms with Crippen LogP contribution in [0.2, 0.25) is 0 Å². The number of aromatic nitrogens is 2. The van der Waals surface area contributed by atoms with Crippen molar-refractivity contribution in [3.63, 3.8) is 0 Å². The van der Waals surface area contributed by atoms with Crippen LogP contribution in [0.15, 0.2) is 42.7 Å². The van der Waals surface area contributed by atoms with Gasteiger partial charge in [-0.05, 0) is 37.7 Å². The highest BCUT2D eigenvalue weighted by Crippen LogP contribution is 2.14. The zero-order chi connectivity index (χ0) is 26.2. The van der Waals surface area contributed by atoms with Crippen molar-refractivity contribution in [2.75, 3.05) is 0 Å². The highest BCUT2D eigenvalue weighted by Gasteiger charge is 2.16. The van der Waals surface area contributed by atoms with E-state index in [0.717, 1.165) is 6.54 Å². The molecule has 0 N–H and O–H groups in total. The highest BCUT2D eigenvalue weighted by molar-refractivity contribution is 5.14. The molecule has 210 valence electrons. The normalized spacial score (nSPS) is 11.4. The molecule has 0 saturated carbocycles. The van der Waals surface area contributed by atoms with Gasteiger partial charge in [0.2, 0.25) is 0 Å². The molecule has 0 atom stereocenters. The van der Waals surface area contributed by atoms with Crippen molar-refractivity contribution in [1.29, 1.82) is 0 Å². The molecule has 0 amide bonds. The summed E-state index contributed by atoms with van der Waals surface area (Å²) in [5.74, 6) is 1.55. The van der Waals surface area contributed by atoms with Crippen LogP contribution in [-0.4, -0.2) is 4.57 Å². The number of imidazole rings is 1. The van der Waals surface area contributed by atoms with Gasteiger partial charge in [0.25, 0.3) is 5.82 Å². The van der Waals surface area contributed by atoms with Crippen LogP contribution in [0.25, 0.3) is 0 Å². The predicted octanol–water partition coefficient (Wildman–Crippen LogP) is 10.4. The first kappa shape index (κ1) is 31.6. The third-order valence-corrected chi connectivity index (χ3v) is 8.05. The van der Waals surface area contributed by atoms with Crippen molar-refractivity contribution < 1.29 is 4.57 Å². The molecular formula is C35H61N2+. The first-order valence-electron chi connectivity index (χ1n) is 16.5. The average molecular weight is 510 g/mol. The number of rotatable bonds is 25. The smallest absolute Gasteiger partial charge is 0.234 e. The van der Waals surface area contributed by atoms with Gasteiger partial charge in [0, 0.05) is 6.42 Å². The average Bonchev–Trinajstić information content (AvgIpc) is 3.31. The summed E-state index contributed by atoms with van der Waals surface area (Å²) in [7, 11) is 0. The number of unbranched alkanes of at least 4 members (excludes halogenated alkanes) is 17. The fourth-order valence-corrected chi connectivity index (χ4v) is 5.63. The fraction of sp³-hybridized carbons (Fsp3) is 0.743. The van der Waals surface area contributed by atoms with Crippen molar-refractivity contribution in [2.24, 2.45) is 0 Å². The maximum Gasteiger partial charge on any atom is 0.256 e. The molecule has 2 aromatic rings. The van der Waals surface area contributed by atoms with Crippen molar-refractivity contribution in [1.82, 2.24) is 4.57 Å². The van der Waals surface area contributed by atoms with Crippen LogP contribution in [0.4, 0.5) is 0 Å². The molecule has 0 aliphatic heterocycles. The number of aryl methyl sites for hydroxylation is 3. The van der Waals surface area contributed by atoms with Crippen LogP contribution in [0.3, 0.4) is 0 Å². The topological polar surface area (TPSA) is 8.81 Å². The van der Waals surface area contributed by atoms with Crippen LogP contribution in [0.1, 0.15) is 154 Å². The Balaban J connectivity index is 1.48. The van der Waals surface area contributed by atoms with Gasteiger partial charge in [0.05, 0.1) is 13.1 Å². The minimum absolute atomic E-state index is 1.14. The Hall–Kier alpha value is -1.57. The van der Waals surface area contributed by atoms with E-state index in [0.29, 0.717) is 0 Å². The molecule has 2 rings (SSSR count). The van der Waals surface area contributed by atoms with E-state index in [2.05, 4.69) is 65.7 Å². The van der Waals surface area contributed by atoms with Gasteiger partial charge in [0.15, 0.2) is 0 Å². The largest absolute Gasteiger partial charge is 0.256 e. The van der Waals surface area contributed by atoms with E-state index in [1.165, 1.54) is 153 Å². The second-order valence-electron chi connectivity index (χ2n) is 11.5. The zero-order valence-electron chi connectivity index (χ0n) is 24.9. The summed E-state index contributed by atoms with van der Waals surface area (Å²) < 4.78 is 5.09. The third kappa shape index (κ3) is 15.4. The maximum absolute atomic E-state index is 2.56. The quantitative estimate of drug-likeness (QED) is 0.0929. The lowest BCUT2D eigenvalue weighted by Gasteiger charge is -2.06. The molecular weight excluding hydrogens is 448 g/mol. The van der Waals surface area contributed by atoms with Crippen molar-refractivity contribution >= 4 is 0 Å². The van der Waals surface area contributed by atoms with Crippen molar-refractivity contribution in [3.05, 3.63) is 54.1 Å². The van der Waals surface area contributed by atoms with E-state index in [-0.39, 0.29) is 0 Å². The molecule has 1 aromatic heterocycles. The van der Waals surface area contributed by atoms with Gasteiger partial charge in [-0.3, -0.25) is 0 Å². The van der Waals surface area contributed by atoms with Gasteiger partial charge in [0.1, 0.15) is 12.4 Å². The molecule has 0 fully saturated rings. The minimum Gasteiger partial charge on any atom is -0.234 e. The molecule has 0 aliphatic carbocycles. The van der Waals surface area contributed by atoms with Gasteiger partial charge in [-0.25, -0.2) is 9.13 Å². The maximum atomic E-state index is 2.56. The molecule has 1 heterocycles. The SMILES string of the molecule is CCCCCCCCCCCCCCCCCCCn1cc[n+](CCCc2ccccc2)c1CCCC. The summed E-state index contributed by atoms with van der Waals surface area (Å²) in [5.41, 5.74) is 1.46. The fourth-order valence-electron chi connectivity index (χ4n) is 5.63. The molecule has 0 saturated heterocycles. The Labute approximate surface area is 231 Å². The van der Waals surface area contributed by atoms with Crippen LogP contribution in [0, 0.1) is 0 Å². The van der Waals surface area contributed by atoms with Crippen LogP contribution in [0.5, 0.6) is 0 Å². The molecule has 0 aliphatic rings. The Bertz CT molecular complexity index is 748. The Morgan fingerprint density at radius 1 is 0.541 bits per heavy atom. The van der Waals surface area contributed by atoms with Crippen LogP contribution >= 0.6 is 0 Å². The van der Waals surface area contributed by atoms with Gasteiger partial charge in [-0.2, -0.15) is 0 Å². The second kappa shape index (κ2) is 22.4. The molecule has 37 heavy (non-hydrogen) atoms. The zero-order valence-corrected chi connectivity index (χ0v) is 24.9. The number of benzene rings is 1. The standard InChI is InChI=1S/C35H61N2/c1-3-5-7-8-9-10-11-12-13-14-15-16-17-18-19-20-24-30-36-32-33-37(35(36)29-6-4-2)31-25-28-34-26-22-21-23-27-34/h21-23,26-27,32-33H,3-20,24-25,28-31H2,1-2H3/q+1. The molecule has 2 heteroatoms. The number of hydrogen-bond acceptors (Lipinski definition) is 0. The van der Waals surface area contributed by atoms with E-state index >= 15 is 0 Å². The summed E-state index contributed by atoms with van der Waals surface area (Å²) >= 11 is 0. The van der Waals surface area contributed by atoms with Gasteiger partial charge >= 0.3 is 0 Å². The van der Waals surface area contributed by atoms with Crippen LogP contribution in [-0.2, 0) is 25.9 Å². The molecule has 0 bridgehead atoms. The summed E-state index contributed by atoms with van der Waals surface area (Å²) in [4.78, 5) is 0. The molecule has 2 nitrogen and oxygen atoms in total. The summed E-state index contributed by atoms with van der Waals surface area (Å²) in [6, 6.07) is 10.9. The summed E-state index contributed by atoms with van der Waals surface area (Å²) in [5, 5.41) is 0. The monoisotopic (exact) mass is 509 g/mol. The lowest BCUT2D eigenvalue weighted by molar-refractivity contribution is -0.704. The highest BCUT2D eigenvalue weighted by atomic mass is 15.1. The van der Waals surface area contributed by atoms with Crippen LogP contribution < -0.4 is 4.57 Å². The molecule has 0 unspecified atom stereocenters. The van der Waals surface area contributed by atoms with Gasteiger partial charge < -0.3 is 0 Å². The lowest BCUT2D eigenvalue weighted by atomic mass is 10.0. The van der Waals surface area contributed by atoms with Crippen molar-refractivity contribution in [2.45, 2.75) is 168 Å². The predicted molar refractivity (Wildman–Crippen MR) is 162 cm³/mol. The summed E-state index contributed by atoms with van der Waals surface area (Å²) in [6.45, 7) is 6.95. The Kier molecular flexibility index (Phi) is 19.2. The van der Waals surface area contributed by atoms with E-state index in [1.807, 2.05) is 0 Å². The summed E-state index contributed by atoms with van der Waals surface area (Å²) in [6.07, 6.45) is 35.3. The molecule has 1 aromatic carbocycles. The first-order valence-corrected chi connectivity index (χ1v) is 16.5. The lowest BCUT2D eigenvalue weighted by Crippen LogP contribution is -2.37. The molecule has 0 spiro atoms. The van der Waals surface area contributed by atoms with E-state index in [9.17, 15) is 0 Å². The van der Waals surface area contributed by atoms with E-state index < -0.39 is 0 Å². The Morgan fingerprint density at radius 3 is 1.59 bits per heavy atom. The molecule has 0 radical (unpaired) electrons. The van der Waals surface area contributed by atoms with E-state index in [1.54, 1.807) is 5.82 Å². The minimum atomic E-state index is 1.14. The second-order valence-corrected chi connectivity index (χ2v) is 11.5. The van der Waals surface area contributed by atoms with E-state index in [4.69, 9.17) is 0 Å². The number of nitrogens with zero attached hydrogens (tertiary/aromatic N) is 2. The van der Waals surface area contributed by atoms with Gasteiger partial charge in [-0.15, -0.1) is 0 Å². The van der Waals surface area contributed by atoms with Crippen molar-refractivity contribution in [3.8, 4) is 0 Å². The first-order chi connectivity index (χ1) is 18.3. The third-order valence-electron chi connectivity index (χ3n) is 8.05.